The molecule has 0 spiro atoms. The fraction of sp³-hybridized carbons (Fsp3) is 0.500. The Balaban J connectivity index is 3.08. The lowest BCUT2D eigenvalue weighted by Crippen LogP contribution is -2.58. The molecule has 4 atom stereocenters. The Morgan fingerprint density at radius 1 is 0.829 bits per heavy atom. The van der Waals surface area contributed by atoms with Gasteiger partial charge in [-0.25, -0.2) is 4.79 Å². The summed E-state index contributed by atoms with van der Waals surface area (Å²) in [6.45, 7) is -0.319. The molecule has 1 aromatic carbocycles. The summed E-state index contributed by atoms with van der Waals surface area (Å²) in [4.78, 5) is 60.4. The molecule has 1 aromatic rings. The summed E-state index contributed by atoms with van der Waals surface area (Å²) in [7, 11) is 0. The van der Waals surface area contributed by atoms with E-state index in [0.717, 1.165) is 0 Å². The molecule has 0 saturated heterocycles. The molecule has 0 fully saturated rings. The van der Waals surface area contributed by atoms with Crippen LogP contribution in [0.1, 0.15) is 31.2 Å². The van der Waals surface area contributed by atoms with E-state index in [2.05, 4.69) is 16.0 Å². The maximum absolute atomic E-state index is 13.1. The molecule has 13 heteroatoms. The highest BCUT2D eigenvalue weighted by Gasteiger charge is 2.31. The van der Waals surface area contributed by atoms with Crippen molar-refractivity contribution in [3.05, 3.63) is 35.9 Å². The van der Waals surface area contributed by atoms with Gasteiger partial charge in [0.25, 0.3) is 0 Å². The highest BCUT2D eigenvalue weighted by molar-refractivity contribution is 5.94. The topological polar surface area (TPSA) is 234 Å². The number of nitrogens with two attached hydrogens (primary N) is 2. The summed E-state index contributed by atoms with van der Waals surface area (Å²) in [5, 5.41) is 34.3. The number of aliphatic hydroxyl groups is 1. The lowest BCUT2D eigenvalue weighted by atomic mass is 10.0. The minimum Gasteiger partial charge on any atom is -0.481 e. The van der Waals surface area contributed by atoms with Crippen molar-refractivity contribution in [2.75, 3.05) is 13.2 Å². The van der Waals surface area contributed by atoms with Crippen LogP contribution in [-0.4, -0.2) is 82.3 Å². The Morgan fingerprint density at radius 3 is 1.94 bits per heavy atom. The minimum atomic E-state index is -1.70. The number of hydrogen-bond acceptors (Lipinski definition) is 8. The second kappa shape index (κ2) is 15.4. The van der Waals surface area contributed by atoms with E-state index in [0.29, 0.717) is 24.9 Å². The fourth-order valence-electron chi connectivity index (χ4n) is 3.10. The number of benzene rings is 1. The first-order valence-corrected chi connectivity index (χ1v) is 11.0. The van der Waals surface area contributed by atoms with E-state index in [-0.39, 0.29) is 12.8 Å². The number of aliphatic carboxylic acids is 2. The monoisotopic (exact) mass is 495 g/mol. The molecular weight excluding hydrogens is 462 g/mol. The van der Waals surface area contributed by atoms with Gasteiger partial charge in [-0.1, -0.05) is 30.3 Å². The highest BCUT2D eigenvalue weighted by atomic mass is 16.4. The van der Waals surface area contributed by atoms with Crippen LogP contribution >= 0.6 is 0 Å². The van der Waals surface area contributed by atoms with Crippen LogP contribution in [0.3, 0.4) is 0 Å². The number of carbonyl (C=O) groups excluding carboxylic acids is 3. The maximum Gasteiger partial charge on any atom is 0.326 e. The standard InChI is InChI=1S/C22H33N5O8/c23-9-5-4-8-15(20(32)27-17(22(34)35)11-18(29)30)25-21(33)16(26-19(31)14(24)12-28)10-13-6-2-1-3-7-13/h1-3,6-7,14-17,28H,4-5,8-12,23-24H2,(H,25,33)(H,26,31)(H,27,32)(H,29,30)(H,34,35). The van der Waals surface area contributed by atoms with Crippen LogP contribution in [0.25, 0.3) is 0 Å². The van der Waals surface area contributed by atoms with Crippen molar-refractivity contribution in [3.8, 4) is 0 Å². The van der Waals surface area contributed by atoms with Gasteiger partial charge >= 0.3 is 11.9 Å². The first-order valence-electron chi connectivity index (χ1n) is 11.0. The van der Waals surface area contributed by atoms with Crippen molar-refractivity contribution in [1.29, 1.82) is 0 Å². The summed E-state index contributed by atoms with van der Waals surface area (Å²) < 4.78 is 0. The molecule has 4 unspecified atom stereocenters. The van der Waals surface area contributed by atoms with Crippen LogP contribution in [0.4, 0.5) is 0 Å². The lowest BCUT2D eigenvalue weighted by Gasteiger charge is -2.25. The molecular formula is C22H33N5O8. The first-order chi connectivity index (χ1) is 16.6. The molecule has 10 N–H and O–H groups in total. The number of unbranched alkanes of at least 4 members (excludes halogenated alkanes) is 1. The van der Waals surface area contributed by atoms with Gasteiger partial charge in [0, 0.05) is 6.42 Å². The SMILES string of the molecule is NCCCCC(NC(=O)C(Cc1ccccc1)NC(=O)C(N)CO)C(=O)NC(CC(=O)O)C(=O)O. The molecule has 13 nitrogen and oxygen atoms in total. The Bertz CT molecular complexity index is 867. The predicted molar refractivity (Wildman–Crippen MR) is 124 cm³/mol. The minimum absolute atomic E-state index is 0.0461. The van der Waals surface area contributed by atoms with Crippen LogP contribution in [0.5, 0.6) is 0 Å². The average Bonchev–Trinajstić information content (AvgIpc) is 2.82. The van der Waals surface area contributed by atoms with Gasteiger partial charge in [-0.2, -0.15) is 0 Å². The zero-order valence-electron chi connectivity index (χ0n) is 19.2. The molecule has 0 aromatic heterocycles. The molecule has 0 radical (unpaired) electrons. The average molecular weight is 496 g/mol. The third-order valence-corrected chi connectivity index (χ3v) is 5.02. The molecule has 1 rings (SSSR count). The van der Waals surface area contributed by atoms with E-state index < -0.39 is 66.9 Å². The number of nitrogens with one attached hydrogen (secondary N) is 3. The molecule has 0 aliphatic carbocycles. The van der Waals surface area contributed by atoms with Gasteiger partial charge in [0.05, 0.1) is 13.0 Å². The fourth-order valence-corrected chi connectivity index (χ4v) is 3.10. The second-order valence-electron chi connectivity index (χ2n) is 7.88. The van der Waals surface area contributed by atoms with Crippen molar-refractivity contribution in [2.24, 2.45) is 11.5 Å². The van der Waals surface area contributed by atoms with Crippen molar-refractivity contribution in [3.63, 3.8) is 0 Å². The van der Waals surface area contributed by atoms with Crippen LogP contribution in [0, 0.1) is 0 Å². The Hall–Kier alpha value is -3.55. The molecule has 0 aliphatic heterocycles. The predicted octanol–water partition coefficient (Wildman–Crippen LogP) is -2.31. The summed E-state index contributed by atoms with van der Waals surface area (Å²) in [5.74, 6) is -5.38. The molecule has 3 amide bonds. The highest BCUT2D eigenvalue weighted by Crippen LogP contribution is 2.07. The Labute approximate surface area is 202 Å². The van der Waals surface area contributed by atoms with Crippen molar-refractivity contribution >= 4 is 29.7 Å². The summed E-state index contributed by atoms with van der Waals surface area (Å²) in [5.41, 5.74) is 11.7. The summed E-state index contributed by atoms with van der Waals surface area (Å²) >= 11 is 0. The molecule has 35 heavy (non-hydrogen) atoms. The number of carboxylic acid groups (broad SMARTS) is 2. The van der Waals surface area contributed by atoms with Crippen LogP contribution in [0.15, 0.2) is 30.3 Å². The zero-order valence-corrected chi connectivity index (χ0v) is 19.2. The quantitative estimate of drug-likeness (QED) is 0.114. The van der Waals surface area contributed by atoms with Gasteiger partial charge in [-0.3, -0.25) is 19.2 Å². The molecule has 0 heterocycles. The molecule has 0 bridgehead atoms. The van der Waals surface area contributed by atoms with Gasteiger partial charge in [-0.15, -0.1) is 0 Å². The number of aliphatic hydroxyl groups excluding tert-OH is 1. The first kappa shape index (κ1) is 29.5. The van der Waals surface area contributed by atoms with Crippen molar-refractivity contribution in [2.45, 2.75) is 56.3 Å². The van der Waals surface area contributed by atoms with E-state index in [1.807, 2.05) is 0 Å². The van der Waals surface area contributed by atoms with E-state index in [4.69, 9.17) is 21.7 Å². The van der Waals surface area contributed by atoms with E-state index >= 15 is 0 Å². The van der Waals surface area contributed by atoms with Crippen molar-refractivity contribution < 1.29 is 39.3 Å². The van der Waals surface area contributed by atoms with Gasteiger partial charge in [0.2, 0.25) is 17.7 Å². The third kappa shape index (κ3) is 10.9. The number of carbonyl (C=O) groups is 5. The van der Waals surface area contributed by atoms with Crippen LogP contribution < -0.4 is 27.4 Å². The van der Waals surface area contributed by atoms with Crippen molar-refractivity contribution in [1.82, 2.24) is 16.0 Å². The number of amides is 3. The van der Waals surface area contributed by atoms with Gasteiger partial charge in [0.15, 0.2) is 0 Å². The van der Waals surface area contributed by atoms with Gasteiger partial charge < -0.3 is 42.7 Å². The van der Waals surface area contributed by atoms with E-state index in [9.17, 15) is 29.1 Å². The smallest absolute Gasteiger partial charge is 0.326 e. The third-order valence-electron chi connectivity index (χ3n) is 5.02. The van der Waals surface area contributed by atoms with Crippen LogP contribution in [0.2, 0.25) is 0 Å². The number of hydrogen-bond donors (Lipinski definition) is 8. The Morgan fingerprint density at radius 2 is 1.40 bits per heavy atom. The van der Waals surface area contributed by atoms with E-state index in [1.165, 1.54) is 0 Å². The zero-order chi connectivity index (χ0) is 26.4. The summed E-state index contributed by atoms with van der Waals surface area (Å²) in [6.07, 6.45) is 0.223. The Kier molecular flexibility index (Phi) is 12.9. The maximum atomic E-state index is 13.1. The summed E-state index contributed by atoms with van der Waals surface area (Å²) in [6, 6.07) is 3.36. The van der Waals surface area contributed by atoms with E-state index in [1.54, 1.807) is 30.3 Å². The van der Waals surface area contributed by atoms with Gasteiger partial charge in [0.1, 0.15) is 24.2 Å². The molecule has 194 valence electrons. The molecule has 0 aliphatic rings. The largest absolute Gasteiger partial charge is 0.481 e. The van der Waals surface area contributed by atoms with Crippen LogP contribution in [-0.2, 0) is 30.4 Å². The normalized spacial score (nSPS) is 14.1. The second-order valence-corrected chi connectivity index (χ2v) is 7.88. The lowest BCUT2D eigenvalue weighted by molar-refractivity contribution is -0.147. The molecule has 0 saturated carbocycles. The van der Waals surface area contributed by atoms with Gasteiger partial charge in [-0.05, 0) is 31.4 Å². The number of rotatable bonds is 16. The number of carboxylic acids is 2.